The summed E-state index contributed by atoms with van der Waals surface area (Å²) in [6.45, 7) is 0. The maximum atomic E-state index is 5.09. The van der Waals surface area contributed by atoms with Gasteiger partial charge in [0.15, 0.2) is 0 Å². The Morgan fingerprint density at radius 3 is 1.44 bits per heavy atom. The summed E-state index contributed by atoms with van der Waals surface area (Å²) in [6.07, 6.45) is 0. The van der Waals surface area contributed by atoms with Crippen molar-refractivity contribution in [3.05, 3.63) is 218 Å². The van der Waals surface area contributed by atoms with Crippen LogP contribution < -0.4 is 0 Å². The minimum atomic E-state index is 0.937. The fourth-order valence-corrected chi connectivity index (χ4v) is 9.97. The van der Waals surface area contributed by atoms with Gasteiger partial charge in [0.1, 0.15) is 5.82 Å². The summed E-state index contributed by atoms with van der Waals surface area (Å²) < 4.78 is 7.10. The zero-order valence-electron chi connectivity index (χ0n) is 33.1. The largest absolute Gasteiger partial charge is 0.309 e. The van der Waals surface area contributed by atoms with Crippen LogP contribution in [0.5, 0.6) is 0 Å². The van der Waals surface area contributed by atoms with Gasteiger partial charge in [-0.1, -0.05) is 140 Å². The molecule has 0 aliphatic rings. The molecule has 4 nitrogen and oxygen atoms in total. The molecule has 0 amide bonds. The normalized spacial score (nSPS) is 11.9. The Hall–Kier alpha value is -8.21. The van der Waals surface area contributed by atoms with Crippen molar-refractivity contribution in [2.45, 2.75) is 0 Å². The van der Waals surface area contributed by atoms with Gasteiger partial charge >= 0.3 is 0 Å². The molecular formula is C57H36N4. The highest BCUT2D eigenvalue weighted by atomic mass is 15.1. The van der Waals surface area contributed by atoms with Gasteiger partial charge in [-0.15, -0.1) is 0 Å². The zero-order chi connectivity index (χ0) is 40.0. The van der Waals surface area contributed by atoms with E-state index in [0.717, 1.165) is 33.8 Å². The van der Waals surface area contributed by atoms with E-state index in [1.807, 2.05) is 0 Å². The summed E-state index contributed by atoms with van der Waals surface area (Å²) in [6, 6.07) is 79.1. The van der Waals surface area contributed by atoms with Gasteiger partial charge in [0.2, 0.25) is 0 Å². The second-order valence-electron chi connectivity index (χ2n) is 15.9. The van der Waals surface area contributed by atoms with Crippen LogP contribution in [0, 0.1) is 0 Å². The average Bonchev–Trinajstić information content (AvgIpc) is 4.00. The van der Waals surface area contributed by atoms with Crippen LogP contribution in [0.15, 0.2) is 218 Å². The fourth-order valence-electron chi connectivity index (χ4n) is 9.97. The van der Waals surface area contributed by atoms with E-state index in [2.05, 4.69) is 232 Å². The molecule has 0 aliphatic carbocycles. The van der Waals surface area contributed by atoms with Gasteiger partial charge < -0.3 is 9.13 Å². The lowest BCUT2D eigenvalue weighted by Gasteiger charge is -2.13. The number of nitrogens with zero attached hydrogens (tertiary/aromatic N) is 4. The van der Waals surface area contributed by atoms with Crippen molar-refractivity contribution in [3.8, 4) is 50.7 Å². The van der Waals surface area contributed by atoms with Gasteiger partial charge in [-0.3, -0.25) is 4.57 Å². The standard InChI is InChI=1S/C57H36N4/c1-4-14-38(15-5-1)57-58-49-21-11-13-23-52(49)61(57)42-27-24-37(25-28-42)43-31-34-53-55-46(43)29-30-47-44(32-35-54(56(47)55)60(53)41-18-8-3-9-19-41)39-26-33-51-48(36-39)45-20-10-12-22-50(45)59(51)40-16-6-2-7-17-40/h1-36H. The lowest BCUT2D eigenvalue weighted by Crippen LogP contribution is -1.97. The van der Waals surface area contributed by atoms with Crippen LogP contribution in [0.4, 0.5) is 0 Å². The Balaban J connectivity index is 0.999. The Bertz CT molecular complexity index is 3780. The van der Waals surface area contributed by atoms with Crippen LogP contribution in [-0.2, 0) is 0 Å². The summed E-state index contributed by atoms with van der Waals surface area (Å²) in [7, 11) is 0. The van der Waals surface area contributed by atoms with Crippen molar-refractivity contribution < 1.29 is 0 Å². The highest BCUT2D eigenvalue weighted by molar-refractivity contribution is 6.29. The minimum absolute atomic E-state index is 0.937. The van der Waals surface area contributed by atoms with Gasteiger partial charge in [0.05, 0.1) is 33.1 Å². The number of rotatable bonds is 6. The molecule has 284 valence electrons. The van der Waals surface area contributed by atoms with Crippen LogP contribution in [-0.4, -0.2) is 18.7 Å². The number of para-hydroxylation sites is 5. The smallest absolute Gasteiger partial charge is 0.145 e. The third-order valence-corrected chi connectivity index (χ3v) is 12.6. The summed E-state index contributed by atoms with van der Waals surface area (Å²) >= 11 is 0. The van der Waals surface area contributed by atoms with Crippen LogP contribution >= 0.6 is 0 Å². The maximum Gasteiger partial charge on any atom is 0.145 e. The molecule has 0 fully saturated rings. The van der Waals surface area contributed by atoms with Gasteiger partial charge in [0.25, 0.3) is 0 Å². The third-order valence-electron chi connectivity index (χ3n) is 12.6. The average molecular weight is 777 g/mol. The maximum absolute atomic E-state index is 5.09. The number of hydrogen-bond donors (Lipinski definition) is 0. The lowest BCUT2D eigenvalue weighted by molar-refractivity contribution is 1.10. The highest BCUT2D eigenvalue weighted by Gasteiger charge is 2.22. The second kappa shape index (κ2) is 13.2. The van der Waals surface area contributed by atoms with E-state index >= 15 is 0 Å². The number of fused-ring (bicyclic) bond motifs is 4. The fraction of sp³-hybridized carbons (Fsp3) is 0. The van der Waals surface area contributed by atoms with E-state index in [1.165, 1.54) is 82.3 Å². The molecule has 61 heavy (non-hydrogen) atoms. The molecule has 3 heterocycles. The molecule has 0 spiro atoms. The molecule has 10 aromatic carbocycles. The summed E-state index contributed by atoms with van der Waals surface area (Å²) in [4.78, 5) is 5.09. The molecule has 13 rings (SSSR count). The van der Waals surface area contributed by atoms with Crippen molar-refractivity contribution >= 4 is 65.4 Å². The van der Waals surface area contributed by atoms with E-state index < -0.39 is 0 Å². The monoisotopic (exact) mass is 776 g/mol. The summed E-state index contributed by atoms with van der Waals surface area (Å²) in [5.74, 6) is 0.937. The Kier molecular flexibility index (Phi) is 7.27. The van der Waals surface area contributed by atoms with Crippen molar-refractivity contribution in [2.75, 3.05) is 0 Å². The molecule has 0 radical (unpaired) electrons. The predicted molar refractivity (Wildman–Crippen MR) is 255 cm³/mol. The SMILES string of the molecule is c1ccc(-c2nc3ccccc3n2-c2ccc(-c3ccc4c5c3ccc3c(-c6ccc7c(c6)c6ccccc6n7-c6ccccc6)ccc(c35)n4-c3ccccc3)cc2)cc1. The summed E-state index contributed by atoms with van der Waals surface area (Å²) in [5, 5.41) is 7.58. The van der Waals surface area contributed by atoms with Gasteiger partial charge in [-0.2, -0.15) is 0 Å². The first kappa shape index (κ1) is 33.7. The molecule has 0 bridgehead atoms. The van der Waals surface area contributed by atoms with E-state index in [0.29, 0.717) is 0 Å². The highest BCUT2D eigenvalue weighted by Crippen LogP contribution is 2.46. The van der Waals surface area contributed by atoms with Crippen LogP contribution in [0.1, 0.15) is 0 Å². The van der Waals surface area contributed by atoms with Gasteiger partial charge in [0, 0.05) is 44.2 Å². The first-order valence-electron chi connectivity index (χ1n) is 20.9. The predicted octanol–water partition coefficient (Wildman–Crippen LogP) is 14.8. The Morgan fingerprint density at radius 2 is 0.770 bits per heavy atom. The van der Waals surface area contributed by atoms with Crippen LogP contribution in [0.2, 0.25) is 0 Å². The molecule has 0 N–H and O–H groups in total. The molecule has 0 aliphatic heterocycles. The number of aromatic nitrogens is 4. The van der Waals surface area contributed by atoms with E-state index in [4.69, 9.17) is 4.98 Å². The lowest BCUT2D eigenvalue weighted by atomic mass is 9.91. The van der Waals surface area contributed by atoms with Crippen LogP contribution in [0.3, 0.4) is 0 Å². The van der Waals surface area contributed by atoms with E-state index in [-0.39, 0.29) is 0 Å². The number of imidazole rings is 1. The van der Waals surface area contributed by atoms with Crippen LogP contribution in [0.25, 0.3) is 116 Å². The van der Waals surface area contributed by atoms with Gasteiger partial charge in [-0.25, -0.2) is 4.98 Å². The molecule has 3 aromatic heterocycles. The molecule has 13 aromatic rings. The summed E-state index contributed by atoms with van der Waals surface area (Å²) in [5.41, 5.74) is 16.2. The molecule has 4 heteroatoms. The quantitative estimate of drug-likeness (QED) is 0.155. The number of hydrogen-bond acceptors (Lipinski definition) is 1. The minimum Gasteiger partial charge on any atom is -0.309 e. The second-order valence-corrected chi connectivity index (χ2v) is 15.9. The van der Waals surface area contributed by atoms with Crippen molar-refractivity contribution in [2.24, 2.45) is 0 Å². The molecular weight excluding hydrogens is 741 g/mol. The van der Waals surface area contributed by atoms with E-state index in [1.54, 1.807) is 0 Å². The first-order chi connectivity index (χ1) is 30.3. The topological polar surface area (TPSA) is 27.7 Å². The van der Waals surface area contributed by atoms with Crippen molar-refractivity contribution in [1.82, 2.24) is 18.7 Å². The Morgan fingerprint density at radius 1 is 0.279 bits per heavy atom. The van der Waals surface area contributed by atoms with Gasteiger partial charge in [-0.05, 0) is 112 Å². The first-order valence-corrected chi connectivity index (χ1v) is 20.9. The van der Waals surface area contributed by atoms with Crippen molar-refractivity contribution in [3.63, 3.8) is 0 Å². The van der Waals surface area contributed by atoms with E-state index in [9.17, 15) is 0 Å². The molecule has 0 saturated heterocycles. The molecule has 0 saturated carbocycles. The van der Waals surface area contributed by atoms with Crippen molar-refractivity contribution in [1.29, 1.82) is 0 Å². The third kappa shape index (κ3) is 5.03. The number of benzene rings is 10. The molecule has 0 atom stereocenters. The zero-order valence-corrected chi connectivity index (χ0v) is 33.1. The Labute approximate surface area is 351 Å². The molecule has 0 unspecified atom stereocenters.